The molecule has 2 aromatic rings. The van der Waals surface area contributed by atoms with E-state index < -0.39 is 0 Å². The minimum atomic E-state index is -0.231. The molecule has 56 valence electrons. The van der Waals surface area contributed by atoms with Crippen LogP contribution in [0.2, 0.25) is 0 Å². The Bertz CT molecular complexity index is 408. The molecule has 0 N–H and O–H groups in total. The van der Waals surface area contributed by atoms with Crippen molar-refractivity contribution in [3.8, 4) is 0 Å². The lowest BCUT2D eigenvalue weighted by Gasteiger charge is -1.94. The van der Waals surface area contributed by atoms with Gasteiger partial charge < -0.3 is 4.57 Å². The van der Waals surface area contributed by atoms with E-state index in [-0.39, 0.29) is 12.8 Å². The molecule has 0 aliphatic carbocycles. The summed E-state index contributed by atoms with van der Waals surface area (Å²) in [5.41, 5.74) is 0.909. The Morgan fingerprint density at radius 3 is 3.18 bits per heavy atom. The summed E-state index contributed by atoms with van der Waals surface area (Å²) in [5.74, 6) is -0.231. The van der Waals surface area contributed by atoms with Crippen LogP contribution in [0.5, 0.6) is 0 Å². The van der Waals surface area contributed by atoms with Gasteiger partial charge in [0, 0.05) is 25.5 Å². The van der Waals surface area contributed by atoms with Crippen LogP contribution < -0.4 is 0 Å². The number of fused-ring (bicyclic) bond motifs is 1. The normalized spacial score (nSPS) is 11.9. The molecule has 0 radical (unpaired) electrons. The summed E-state index contributed by atoms with van der Waals surface area (Å²) in [5, 5.41) is 0.849. The maximum atomic E-state index is 12.7. The van der Waals surface area contributed by atoms with Gasteiger partial charge in [-0.25, -0.2) is 4.39 Å². The summed E-state index contributed by atoms with van der Waals surface area (Å²) in [6, 6.07) is 6.39. The van der Waals surface area contributed by atoms with E-state index >= 15 is 0 Å². The van der Waals surface area contributed by atoms with Crippen molar-refractivity contribution in [1.29, 1.82) is 0 Å². The van der Waals surface area contributed by atoms with Crippen LogP contribution in [0.4, 0.5) is 4.39 Å². The third kappa shape index (κ3) is 0.909. The fourth-order valence-electron chi connectivity index (χ4n) is 1.17. The second kappa shape index (κ2) is 2.09. The number of hydrogen-bond acceptors (Lipinski definition) is 0. The van der Waals surface area contributed by atoms with Gasteiger partial charge in [0.25, 0.3) is 0 Å². The minimum absolute atomic E-state index is 0.176. The monoisotopic (exact) mass is 150 g/mol. The van der Waals surface area contributed by atoms with Crippen LogP contribution in [-0.4, -0.2) is 4.57 Å². The molecular formula is C9H8FN. The van der Waals surface area contributed by atoms with E-state index in [4.69, 9.17) is 1.37 Å². The van der Waals surface area contributed by atoms with Crippen molar-refractivity contribution in [2.45, 2.75) is 0 Å². The zero-order valence-electron chi connectivity index (χ0n) is 6.92. The van der Waals surface area contributed by atoms with Crippen LogP contribution in [0.3, 0.4) is 0 Å². The van der Waals surface area contributed by atoms with E-state index in [9.17, 15) is 4.39 Å². The molecule has 0 saturated heterocycles. The topological polar surface area (TPSA) is 4.93 Å². The van der Waals surface area contributed by atoms with Crippen LogP contribution in [-0.2, 0) is 7.02 Å². The Balaban J connectivity index is 2.73. The molecule has 0 atom stereocenters. The highest BCUT2D eigenvalue weighted by atomic mass is 19.1. The Labute approximate surface area is 65.5 Å². The summed E-state index contributed by atoms with van der Waals surface area (Å²) >= 11 is 0. The van der Waals surface area contributed by atoms with Gasteiger partial charge in [0.1, 0.15) is 5.82 Å². The molecule has 0 spiro atoms. The first-order valence-electron chi connectivity index (χ1n) is 4.05. The molecule has 0 amide bonds. The van der Waals surface area contributed by atoms with Gasteiger partial charge in [0.15, 0.2) is 0 Å². The van der Waals surface area contributed by atoms with Gasteiger partial charge in [0.05, 0.1) is 0 Å². The van der Waals surface area contributed by atoms with E-state index in [1.54, 1.807) is 16.8 Å². The zero-order chi connectivity index (χ0) is 8.55. The lowest BCUT2D eigenvalue weighted by atomic mass is 10.2. The molecule has 1 heterocycles. The highest BCUT2D eigenvalue weighted by molar-refractivity contribution is 5.79. The predicted octanol–water partition coefficient (Wildman–Crippen LogP) is 2.32. The molecule has 1 aromatic carbocycles. The maximum Gasteiger partial charge on any atom is 0.123 e. The molecule has 11 heavy (non-hydrogen) atoms. The molecule has 0 unspecified atom stereocenters. The molecule has 0 bridgehead atoms. The molecule has 0 saturated carbocycles. The first kappa shape index (κ1) is 5.35. The molecule has 1 nitrogen and oxygen atoms in total. The lowest BCUT2D eigenvalue weighted by Crippen LogP contribution is -1.83. The van der Waals surface area contributed by atoms with Gasteiger partial charge in [-0.1, -0.05) is 0 Å². The number of nitrogens with zero attached hydrogens (tertiary/aromatic N) is 1. The lowest BCUT2D eigenvalue weighted by molar-refractivity contribution is 0.629. The standard InChI is InChI=1S/C9H8FN/c1-11-5-4-7-6-8(10)2-3-9(7)11/h2-6H,1H3/i1D. The number of aryl methyl sites for hydroxylation is 1. The third-order valence-corrected chi connectivity index (χ3v) is 1.73. The molecular weight excluding hydrogens is 141 g/mol. The highest BCUT2D eigenvalue weighted by Gasteiger charge is 1.97. The molecule has 0 aliphatic rings. The summed E-state index contributed by atoms with van der Waals surface area (Å²) in [6.07, 6.45) is 1.79. The van der Waals surface area contributed by atoms with E-state index in [2.05, 4.69) is 0 Å². The largest absolute Gasteiger partial charge is 0.351 e. The van der Waals surface area contributed by atoms with Crippen molar-refractivity contribution in [3.05, 3.63) is 36.3 Å². The van der Waals surface area contributed by atoms with E-state index in [1.165, 1.54) is 12.1 Å². The van der Waals surface area contributed by atoms with Gasteiger partial charge in [-0.3, -0.25) is 0 Å². The summed E-state index contributed by atoms with van der Waals surface area (Å²) in [7, 11) is 0.176. The second-order valence-corrected chi connectivity index (χ2v) is 2.49. The average Bonchev–Trinajstić information content (AvgIpc) is 2.46. The van der Waals surface area contributed by atoms with Crippen molar-refractivity contribution in [1.82, 2.24) is 4.57 Å². The van der Waals surface area contributed by atoms with Crippen LogP contribution in [0, 0.1) is 5.82 Å². The summed E-state index contributed by atoms with van der Waals surface area (Å²) in [6.45, 7) is 0. The first-order valence-corrected chi connectivity index (χ1v) is 3.35. The molecule has 1 aromatic heterocycles. The van der Waals surface area contributed by atoms with Crippen molar-refractivity contribution in [3.63, 3.8) is 0 Å². The third-order valence-electron chi connectivity index (χ3n) is 1.73. The zero-order valence-corrected chi connectivity index (χ0v) is 5.92. The van der Waals surface area contributed by atoms with Gasteiger partial charge in [-0.2, -0.15) is 0 Å². The quantitative estimate of drug-likeness (QED) is 0.543. The molecule has 2 rings (SSSR count). The SMILES string of the molecule is [2H]Cn1ccc2cc(F)ccc21. The van der Waals surface area contributed by atoms with Crippen molar-refractivity contribution < 1.29 is 5.76 Å². The molecule has 2 heteroatoms. The fraction of sp³-hybridized carbons (Fsp3) is 0.111. The Kier molecular flexibility index (Phi) is 1.02. The van der Waals surface area contributed by atoms with Gasteiger partial charge >= 0.3 is 0 Å². The van der Waals surface area contributed by atoms with Gasteiger partial charge in [-0.15, -0.1) is 0 Å². The summed E-state index contributed by atoms with van der Waals surface area (Å²) in [4.78, 5) is 0. The Hall–Kier alpha value is -1.31. The Morgan fingerprint density at radius 2 is 2.36 bits per heavy atom. The number of aromatic nitrogens is 1. The van der Waals surface area contributed by atoms with E-state index in [0.29, 0.717) is 0 Å². The predicted molar refractivity (Wildman–Crippen MR) is 42.9 cm³/mol. The van der Waals surface area contributed by atoms with Crippen molar-refractivity contribution in [2.24, 2.45) is 7.02 Å². The second-order valence-electron chi connectivity index (χ2n) is 2.49. The summed E-state index contributed by atoms with van der Waals surface area (Å²) < 4.78 is 21.6. The average molecular weight is 150 g/mol. The number of halogens is 1. The number of hydrogen-bond donors (Lipinski definition) is 0. The minimum Gasteiger partial charge on any atom is -0.351 e. The van der Waals surface area contributed by atoms with Crippen LogP contribution in [0.1, 0.15) is 1.37 Å². The van der Waals surface area contributed by atoms with Crippen LogP contribution in [0.15, 0.2) is 30.5 Å². The van der Waals surface area contributed by atoms with Crippen molar-refractivity contribution in [2.75, 3.05) is 0 Å². The molecule has 0 fully saturated rings. The van der Waals surface area contributed by atoms with E-state index in [0.717, 1.165) is 10.9 Å². The van der Waals surface area contributed by atoms with Gasteiger partial charge in [0.2, 0.25) is 0 Å². The van der Waals surface area contributed by atoms with E-state index in [1.807, 2.05) is 6.07 Å². The number of benzene rings is 1. The van der Waals surface area contributed by atoms with Crippen LogP contribution in [0.25, 0.3) is 10.9 Å². The highest BCUT2D eigenvalue weighted by Crippen LogP contribution is 2.15. The Morgan fingerprint density at radius 1 is 1.45 bits per heavy atom. The van der Waals surface area contributed by atoms with Crippen molar-refractivity contribution >= 4 is 10.9 Å². The fourth-order valence-corrected chi connectivity index (χ4v) is 1.17. The smallest absolute Gasteiger partial charge is 0.123 e. The number of rotatable bonds is 0. The maximum absolute atomic E-state index is 12.7. The van der Waals surface area contributed by atoms with Crippen LogP contribution >= 0.6 is 0 Å². The first-order chi connectivity index (χ1) is 5.81. The molecule has 0 aliphatic heterocycles. The van der Waals surface area contributed by atoms with Gasteiger partial charge in [-0.05, 0) is 24.3 Å².